The summed E-state index contributed by atoms with van der Waals surface area (Å²) >= 11 is 19.3. The minimum atomic E-state index is -0.723. The van der Waals surface area contributed by atoms with Crippen molar-refractivity contribution in [2.75, 3.05) is 23.9 Å². The van der Waals surface area contributed by atoms with Gasteiger partial charge in [-0.1, -0.05) is 136 Å². The van der Waals surface area contributed by atoms with Gasteiger partial charge in [0.25, 0.3) is 0 Å². The van der Waals surface area contributed by atoms with E-state index in [2.05, 4.69) is 210 Å². The fourth-order valence-corrected chi connectivity index (χ4v) is 9.17. The van der Waals surface area contributed by atoms with Gasteiger partial charge >= 0.3 is 0 Å². The Morgan fingerprint density at radius 2 is 0.699 bits per heavy atom. The number of alkyl halides is 6. The first-order valence-electron chi connectivity index (χ1n) is 24.2. The molecule has 0 atom stereocenters. The van der Waals surface area contributed by atoms with Crippen LogP contribution in [-0.4, -0.2) is 200 Å². The zero-order valence-electron chi connectivity index (χ0n) is 42.3. The fourth-order valence-electron chi connectivity index (χ4n) is 6.08. The number of aliphatic hydroxyl groups is 2. The minimum absolute atomic E-state index is 0.250. The van der Waals surface area contributed by atoms with Gasteiger partial charge in [0.15, 0.2) is 1.05 Å². The summed E-state index contributed by atoms with van der Waals surface area (Å²) in [5.41, 5.74) is 0. The molecule has 0 heterocycles. The molecule has 0 aliphatic heterocycles. The quantitative estimate of drug-likeness (QED) is 0.0443. The molecule has 0 aromatic heterocycles. The van der Waals surface area contributed by atoms with Gasteiger partial charge in [0.2, 0.25) is 0 Å². The molecule has 0 spiro atoms. The van der Waals surface area contributed by atoms with Crippen molar-refractivity contribution in [3.05, 3.63) is 91.0 Å². The van der Waals surface area contributed by atoms with Gasteiger partial charge in [-0.05, 0) is 139 Å². The van der Waals surface area contributed by atoms with Crippen LogP contribution < -0.4 is 15.9 Å². The molecule has 345 valence electrons. The third kappa shape index (κ3) is 49.1. The maximum atomic E-state index is 8.51. The third-order valence-corrected chi connectivity index (χ3v) is 13.5. The van der Waals surface area contributed by atoms with Crippen LogP contribution in [-0.2, 0) is 0 Å². The van der Waals surface area contributed by atoms with Crippen molar-refractivity contribution >= 4 is 285 Å². The zero-order valence-corrected chi connectivity index (χ0v) is 52.7. The van der Waals surface area contributed by atoms with Crippen molar-refractivity contribution in [1.29, 1.82) is 0 Å². The first kappa shape index (κ1) is 78.7. The second-order valence-electron chi connectivity index (χ2n) is 16.2. The van der Waals surface area contributed by atoms with Gasteiger partial charge in [-0.2, -0.15) is 0 Å². The van der Waals surface area contributed by atoms with Crippen LogP contribution >= 0.6 is 104 Å². The molecular weight excluding hydrogens is 1280 g/mol. The van der Waals surface area contributed by atoms with Gasteiger partial charge < -0.3 is 10.2 Å². The molecular formula is C41H53B23Br6O2P. The Hall–Kier alpha value is 1.50. The van der Waals surface area contributed by atoms with Crippen LogP contribution in [0.3, 0.4) is 0 Å². The molecule has 0 unspecified atom stereocenters. The monoisotopic (exact) mass is 1340 g/mol. The zero-order chi connectivity index (χ0) is 55.9. The molecule has 27 radical (unpaired) electrons. The van der Waals surface area contributed by atoms with E-state index in [0.29, 0.717) is 6.61 Å². The summed E-state index contributed by atoms with van der Waals surface area (Å²) < 4.78 is -0.250. The predicted octanol–water partition coefficient (Wildman–Crippen LogP) is 4.08. The van der Waals surface area contributed by atoms with Crippen molar-refractivity contribution in [3.63, 3.8) is 0 Å². The van der Waals surface area contributed by atoms with Gasteiger partial charge in [0.1, 0.15) is 0 Å². The molecule has 0 fully saturated rings. The molecule has 2 nitrogen and oxygen atoms in total. The Kier molecular flexibility index (Phi) is 58.4. The van der Waals surface area contributed by atoms with E-state index in [-0.39, 0.29) is 14.0 Å². The molecule has 0 aliphatic rings. The summed E-state index contributed by atoms with van der Waals surface area (Å²) in [6.45, 7) is 0.572. The highest BCUT2D eigenvalue weighted by Gasteiger charge is 2.30. The highest BCUT2D eigenvalue weighted by molar-refractivity contribution is 9.52. The number of benzene rings is 3. The van der Waals surface area contributed by atoms with E-state index in [9.17, 15) is 0 Å². The van der Waals surface area contributed by atoms with Gasteiger partial charge in [-0.15, -0.1) is 23.7 Å². The molecule has 3 aromatic carbocycles. The van der Waals surface area contributed by atoms with E-state index < -0.39 is 59.0 Å². The van der Waals surface area contributed by atoms with Gasteiger partial charge in [0, 0.05) is 215 Å². The topological polar surface area (TPSA) is 40.5 Å². The molecule has 0 saturated carbocycles. The van der Waals surface area contributed by atoms with Crippen molar-refractivity contribution in [2.24, 2.45) is 0 Å². The minimum Gasteiger partial charge on any atom is -0.396 e. The Bertz CT molecular complexity index is 1640. The maximum Gasteiger partial charge on any atom is 0.189 e. The second-order valence-corrected chi connectivity index (χ2v) is 31.2. The summed E-state index contributed by atoms with van der Waals surface area (Å²) in [5, 5.41) is 23.4. The highest BCUT2D eigenvalue weighted by atomic mass is 80.0. The van der Waals surface area contributed by atoms with Crippen LogP contribution in [0.1, 0.15) is 89.9 Å². The lowest BCUT2D eigenvalue weighted by Gasteiger charge is -2.29. The molecule has 0 aliphatic carbocycles. The summed E-state index contributed by atoms with van der Waals surface area (Å²) in [6.07, 6.45) is 9.89. The smallest absolute Gasteiger partial charge is 0.189 e. The van der Waals surface area contributed by atoms with Crippen LogP contribution in [0.25, 0.3) is 0 Å². The summed E-state index contributed by atoms with van der Waals surface area (Å²) in [4.78, 5) is 0. The van der Waals surface area contributed by atoms with E-state index in [1.807, 2.05) is 0 Å². The predicted molar refractivity (Wildman–Crippen MR) is 378 cm³/mol. The van der Waals surface area contributed by atoms with Crippen molar-refractivity contribution in [2.45, 2.75) is 90.9 Å². The molecule has 3 aromatic rings. The lowest BCUT2D eigenvalue weighted by molar-refractivity contribution is 0.283. The van der Waals surface area contributed by atoms with Gasteiger partial charge in [-0.25, -0.2) is 0 Å². The van der Waals surface area contributed by atoms with Crippen LogP contribution in [0.4, 0.5) is 0 Å². The number of hydrogen-bond donors (Lipinski definition) is 2. The van der Waals surface area contributed by atoms with Gasteiger partial charge in [0.05, 0.1) is 0 Å². The number of aliphatic hydroxyl groups excluding tert-OH is 2. The normalized spacial score (nSPS) is 9.60. The second kappa shape index (κ2) is 54.1. The highest BCUT2D eigenvalue weighted by Crippen LogP contribution is 2.39. The van der Waals surface area contributed by atoms with Crippen LogP contribution in [0.5, 0.6) is 0 Å². The maximum absolute atomic E-state index is 8.51. The Morgan fingerprint density at radius 3 is 0.945 bits per heavy atom. The average Bonchev–Trinajstić information content (AvgIpc) is 3.34. The largest absolute Gasteiger partial charge is 0.396 e. The fraction of sp³-hybridized carbons (Fsp3) is 0.463. The molecule has 0 amide bonds. The summed E-state index contributed by atoms with van der Waals surface area (Å²) in [7, 11) is 70.9. The summed E-state index contributed by atoms with van der Waals surface area (Å²) in [6, 6.07) is 32.3. The Labute approximate surface area is 518 Å². The first-order valence-corrected chi connectivity index (χ1v) is 31.0. The number of halogens is 6. The Morgan fingerprint density at radius 1 is 0.425 bits per heavy atom. The van der Waals surface area contributed by atoms with Crippen molar-refractivity contribution in [3.8, 4) is 23.7 Å². The Balaban J connectivity index is -0.000000833. The van der Waals surface area contributed by atoms with Crippen molar-refractivity contribution in [1.82, 2.24) is 0 Å². The number of hydrogen-bond acceptors (Lipinski definition) is 2. The third-order valence-electron chi connectivity index (χ3n) is 9.92. The molecule has 0 saturated heterocycles. The van der Waals surface area contributed by atoms with E-state index in [1.54, 1.807) is 0 Å². The van der Waals surface area contributed by atoms with E-state index in [0.717, 1.165) is 68.4 Å². The molecule has 73 heavy (non-hydrogen) atoms. The van der Waals surface area contributed by atoms with E-state index >= 15 is 0 Å². The number of unbranched alkanes of at least 4 members (excludes halogenated alkanes) is 10. The molecule has 2 N–H and O–H groups in total. The lowest BCUT2D eigenvalue weighted by Crippen LogP contribution is -2.67. The molecule has 32 heteroatoms. The lowest BCUT2D eigenvalue weighted by atomic mass is 8.53. The molecule has 0 bridgehead atoms. The van der Waals surface area contributed by atoms with Crippen LogP contribution in [0.2, 0.25) is 0 Å². The SMILES string of the molecule is BrC(Br)(Br)Br.BrCCCCC#CCCCCCBr.OCCCCC#CCCCCCO.[B]B([B])B([B])B(B([B])[B])B([B])[B].[B][B]B([B])B(B([B])[B])B([B])[B].c1ccc(P(c2ccccc2)c2ccccc2)cc1. The van der Waals surface area contributed by atoms with Crippen LogP contribution in [0, 0.1) is 23.7 Å². The standard InChI is InChI=1S/C18H15P.C11H18Br2.C11H20O2.CBr4.B12.B11/c1-4-10-16(11-5-1)19(17-12-6-2-7-13-17)18-14-8-3-9-15-18;2*12-10-8-6-4-2-1-3-5-7-9-11-13;2-1(3,4)5;1-8(2)11(7)12(9(3)4)10(5)6;1-7-10(6)11(8(2)3)9(4)5/h1-15H;2,4-11H2;12-13H,2,4-11H2;;;. The first-order chi connectivity index (χ1) is 34.7. The molecule has 3 rings (SSSR count). The van der Waals surface area contributed by atoms with Crippen molar-refractivity contribution < 1.29 is 10.2 Å². The van der Waals surface area contributed by atoms with Crippen LogP contribution in [0.15, 0.2) is 91.0 Å². The van der Waals surface area contributed by atoms with E-state index in [4.69, 9.17) is 111 Å². The number of rotatable bonds is 25. The summed E-state index contributed by atoms with van der Waals surface area (Å²) in [5.74, 6) is 12.6. The van der Waals surface area contributed by atoms with Gasteiger partial charge in [-0.3, -0.25) is 0 Å². The average molecular weight is 1340 g/mol. The van der Waals surface area contributed by atoms with E-state index in [1.165, 1.54) is 55.1 Å².